The molecule has 8 heteroatoms. The summed E-state index contributed by atoms with van der Waals surface area (Å²) in [6, 6.07) is 10.8. The van der Waals surface area contributed by atoms with Crippen molar-refractivity contribution in [3.8, 4) is 0 Å². The monoisotopic (exact) mass is 341 g/mol. The van der Waals surface area contributed by atoms with Crippen LogP contribution in [0, 0.1) is 5.82 Å². The van der Waals surface area contributed by atoms with Crippen LogP contribution < -0.4 is 10.7 Å². The van der Waals surface area contributed by atoms with E-state index in [9.17, 15) is 17.6 Å². The molecule has 0 amide bonds. The summed E-state index contributed by atoms with van der Waals surface area (Å²) >= 11 is 4.87. The third kappa shape index (κ3) is 4.75. The van der Waals surface area contributed by atoms with Crippen LogP contribution in [0.2, 0.25) is 0 Å². The molecular weight excluding hydrogens is 330 g/mol. The van der Waals surface area contributed by atoms with Crippen LogP contribution in [0.5, 0.6) is 0 Å². The van der Waals surface area contributed by atoms with Crippen LogP contribution in [0.25, 0.3) is 0 Å². The van der Waals surface area contributed by atoms with E-state index in [2.05, 4.69) is 15.8 Å². The van der Waals surface area contributed by atoms with Gasteiger partial charge in [-0.15, -0.1) is 0 Å². The second-order valence-corrected chi connectivity index (χ2v) is 4.80. The average Bonchev–Trinajstić information content (AvgIpc) is 2.49. The Kier molecular flexibility index (Phi) is 5.28. The second-order valence-electron chi connectivity index (χ2n) is 4.39. The van der Waals surface area contributed by atoms with Crippen molar-refractivity contribution in [1.82, 2.24) is 5.43 Å². The number of alkyl halides is 3. The fourth-order valence-electron chi connectivity index (χ4n) is 1.73. The van der Waals surface area contributed by atoms with Gasteiger partial charge in [-0.3, -0.25) is 5.43 Å². The summed E-state index contributed by atoms with van der Waals surface area (Å²) in [6.45, 7) is 0. The van der Waals surface area contributed by atoms with Crippen molar-refractivity contribution in [1.29, 1.82) is 0 Å². The lowest BCUT2D eigenvalue weighted by atomic mass is 10.2. The minimum atomic E-state index is -4.50. The average molecular weight is 341 g/mol. The molecule has 120 valence electrons. The minimum Gasteiger partial charge on any atom is -0.331 e. The van der Waals surface area contributed by atoms with Crippen molar-refractivity contribution in [2.45, 2.75) is 6.18 Å². The van der Waals surface area contributed by atoms with Gasteiger partial charge in [0, 0.05) is 5.56 Å². The first-order valence-electron chi connectivity index (χ1n) is 6.39. The zero-order valence-electron chi connectivity index (χ0n) is 11.6. The Morgan fingerprint density at radius 2 is 1.70 bits per heavy atom. The molecule has 3 nitrogen and oxygen atoms in total. The lowest BCUT2D eigenvalue weighted by Gasteiger charge is -2.14. The molecule has 2 aromatic rings. The van der Waals surface area contributed by atoms with Gasteiger partial charge >= 0.3 is 6.18 Å². The first kappa shape index (κ1) is 16.9. The van der Waals surface area contributed by atoms with E-state index in [4.69, 9.17) is 12.2 Å². The second kappa shape index (κ2) is 7.19. The Morgan fingerprint density at radius 3 is 2.39 bits per heavy atom. The summed E-state index contributed by atoms with van der Waals surface area (Å²) in [5.74, 6) is -0.473. The van der Waals surface area contributed by atoms with Crippen molar-refractivity contribution >= 4 is 29.2 Å². The summed E-state index contributed by atoms with van der Waals surface area (Å²) in [6.07, 6.45) is -3.32. The number of rotatable bonds is 3. The van der Waals surface area contributed by atoms with Gasteiger partial charge < -0.3 is 5.32 Å². The minimum absolute atomic E-state index is 0.144. The molecule has 23 heavy (non-hydrogen) atoms. The zero-order valence-corrected chi connectivity index (χ0v) is 12.4. The molecule has 0 saturated heterocycles. The highest BCUT2D eigenvalue weighted by Gasteiger charge is 2.33. The topological polar surface area (TPSA) is 36.4 Å². The Balaban J connectivity index is 2.03. The molecule has 2 N–H and O–H groups in total. The molecule has 0 heterocycles. The molecule has 0 unspecified atom stereocenters. The van der Waals surface area contributed by atoms with Crippen molar-refractivity contribution < 1.29 is 17.6 Å². The van der Waals surface area contributed by atoms with E-state index in [0.717, 1.165) is 6.07 Å². The number of hydrazone groups is 1. The lowest BCUT2D eigenvalue weighted by molar-refractivity contribution is -0.136. The molecule has 0 bridgehead atoms. The fraction of sp³-hybridized carbons (Fsp3) is 0.0667. The van der Waals surface area contributed by atoms with Gasteiger partial charge in [-0.1, -0.05) is 30.3 Å². The van der Waals surface area contributed by atoms with Crippen LogP contribution in [0.1, 0.15) is 11.1 Å². The maximum absolute atomic E-state index is 13.4. The number of halogens is 4. The van der Waals surface area contributed by atoms with Gasteiger partial charge in [0.05, 0.1) is 17.5 Å². The van der Waals surface area contributed by atoms with Gasteiger partial charge in [0.25, 0.3) is 0 Å². The summed E-state index contributed by atoms with van der Waals surface area (Å²) in [5, 5.41) is 5.96. The van der Waals surface area contributed by atoms with Crippen molar-refractivity contribution in [3.05, 3.63) is 65.5 Å². The number of hydrogen-bond acceptors (Lipinski definition) is 2. The highest BCUT2D eigenvalue weighted by atomic mass is 32.1. The fourth-order valence-corrected chi connectivity index (χ4v) is 1.89. The Morgan fingerprint density at radius 1 is 1.04 bits per heavy atom. The van der Waals surface area contributed by atoms with Crippen molar-refractivity contribution in [2.24, 2.45) is 5.10 Å². The van der Waals surface area contributed by atoms with Crippen molar-refractivity contribution in [3.63, 3.8) is 0 Å². The van der Waals surface area contributed by atoms with Crippen LogP contribution in [-0.2, 0) is 6.18 Å². The largest absolute Gasteiger partial charge is 0.418 e. The summed E-state index contributed by atoms with van der Waals surface area (Å²) in [7, 11) is 0. The molecule has 2 aromatic carbocycles. The molecule has 0 fully saturated rings. The number of nitrogens with zero attached hydrogens (tertiary/aromatic N) is 1. The molecule has 0 atom stereocenters. The molecule has 0 aliphatic rings. The SMILES string of the molecule is Fc1ccccc1/C=N\NC(=S)Nc1ccccc1C(F)(F)F. The van der Waals surface area contributed by atoms with Gasteiger partial charge in [-0.2, -0.15) is 18.3 Å². The number of thiocarbonyl (C=S) groups is 1. The quantitative estimate of drug-likeness (QED) is 0.381. The van der Waals surface area contributed by atoms with E-state index in [1.807, 2.05) is 0 Å². The lowest BCUT2D eigenvalue weighted by Crippen LogP contribution is -2.25. The molecule has 0 saturated carbocycles. The predicted octanol–water partition coefficient (Wildman–Crippen LogP) is 4.17. The van der Waals surface area contributed by atoms with Crippen molar-refractivity contribution in [2.75, 3.05) is 5.32 Å². The van der Waals surface area contributed by atoms with Crippen LogP contribution in [0.3, 0.4) is 0 Å². The van der Waals surface area contributed by atoms with E-state index < -0.39 is 17.6 Å². The van der Waals surface area contributed by atoms with E-state index >= 15 is 0 Å². The van der Waals surface area contributed by atoms with E-state index in [1.165, 1.54) is 42.6 Å². The number of para-hydroxylation sites is 1. The van der Waals surface area contributed by atoms with E-state index in [0.29, 0.717) is 0 Å². The first-order chi connectivity index (χ1) is 10.9. The number of anilines is 1. The molecule has 2 rings (SSSR count). The van der Waals surface area contributed by atoms with E-state index in [-0.39, 0.29) is 16.4 Å². The van der Waals surface area contributed by atoms with Gasteiger partial charge in [-0.25, -0.2) is 4.39 Å². The summed E-state index contributed by atoms with van der Waals surface area (Å²) < 4.78 is 51.9. The highest BCUT2D eigenvalue weighted by molar-refractivity contribution is 7.80. The van der Waals surface area contributed by atoms with E-state index in [1.54, 1.807) is 6.07 Å². The maximum Gasteiger partial charge on any atom is 0.418 e. The number of hydrogen-bond donors (Lipinski definition) is 2. The first-order valence-corrected chi connectivity index (χ1v) is 6.79. The maximum atomic E-state index is 13.4. The van der Waals surface area contributed by atoms with Crippen LogP contribution in [0.4, 0.5) is 23.2 Å². The highest BCUT2D eigenvalue weighted by Crippen LogP contribution is 2.34. The molecule has 0 spiro atoms. The standard InChI is InChI=1S/C15H11F4N3S/c16-12-7-3-1-5-10(12)9-20-22-14(23)21-13-8-4-2-6-11(13)15(17,18)19/h1-9H,(H2,21,22,23)/b20-9-. The number of benzene rings is 2. The smallest absolute Gasteiger partial charge is 0.331 e. The predicted molar refractivity (Wildman–Crippen MR) is 84.8 cm³/mol. The molecule has 0 aliphatic heterocycles. The molecule has 0 aromatic heterocycles. The summed E-state index contributed by atoms with van der Waals surface area (Å²) in [5.41, 5.74) is 1.52. The van der Waals surface area contributed by atoms with Crippen LogP contribution in [0.15, 0.2) is 53.6 Å². The Bertz CT molecular complexity index is 729. The number of nitrogens with one attached hydrogen (secondary N) is 2. The van der Waals surface area contributed by atoms with Gasteiger partial charge in [0.2, 0.25) is 0 Å². The Labute approximate surface area is 135 Å². The normalized spacial score (nSPS) is 11.5. The summed E-state index contributed by atoms with van der Waals surface area (Å²) in [4.78, 5) is 0. The third-order valence-corrected chi connectivity index (χ3v) is 2.95. The van der Waals surface area contributed by atoms with Crippen LogP contribution >= 0.6 is 12.2 Å². The molecular formula is C15H11F4N3S. The van der Waals surface area contributed by atoms with Gasteiger partial charge in [0.15, 0.2) is 5.11 Å². The molecule has 0 aliphatic carbocycles. The van der Waals surface area contributed by atoms with Crippen LogP contribution in [-0.4, -0.2) is 11.3 Å². The zero-order chi connectivity index (χ0) is 16.9. The van der Waals surface area contributed by atoms with Gasteiger partial charge in [-0.05, 0) is 30.4 Å². The molecule has 0 radical (unpaired) electrons. The Hall–Kier alpha value is -2.48. The third-order valence-electron chi connectivity index (χ3n) is 2.76. The van der Waals surface area contributed by atoms with Gasteiger partial charge in [0.1, 0.15) is 5.82 Å².